The van der Waals surface area contributed by atoms with Crippen LogP contribution in [0.1, 0.15) is 32.3 Å². The van der Waals surface area contributed by atoms with Crippen LogP contribution in [0.2, 0.25) is 0 Å². The summed E-state index contributed by atoms with van der Waals surface area (Å²) in [7, 11) is 1.67. The molecule has 0 aromatic heterocycles. The first-order valence-electron chi connectivity index (χ1n) is 9.20. The van der Waals surface area contributed by atoms with Crippen molar-refractivity contribution in [2.24, 2.45) is 0 Å². The predicted octanol–water partition coefficient (Wildman–Crippen LogP) is -1.33. The second kappa shape index (κ2) is 8.97. The van der Waals surface area contributed by atoms with Gasteiger partial charge in [-0.05, 0) is 30.5 Å². The van der Waals surface area contributed by atoms with E-state index >= 15 is 0 Å². The third kappa shape index (κ3) is 5.54. The summed E-state index contributed by atoms with van der Waals surface area (Å²) in [4.78, 5) is 26.6. The first-order chi connectivity index (χ1) is 11.9. The molecule has 1 aliphatic heterocycles. The van der Waals surface area contributed by atoms with Crippen LogP contribution in [-0.2, 0) is 9.59 Å². The monoisotopic (exact) mass is 348 g/mol. The zero-order valence-electron chi connectivity index (χ0n) is 15.8. The largest absolute Gasteiger partial charge is 0.354 e. The fourth-order valence-electron chi connectivity index (χ4n) is 3.24. The number of carbonyl (C=O) groups is 2. The molecule has 0 unspecified atom stereocenters. The molecule has 6 heteroatoms. The Balaban J connectivity index is 1.83. The van der Waals surface area contributed by atoms with Crippen LogP contribution in [0.3, 0.4) is 0 Å². The molecule has 1 aliphatic rings. The lowest BCUT2D eigenvalue weighted by atomic mass is 10.0. The maximum absolute atomic E-state index is 12.5. The van der Waals surface area contributed by atoms with Gasteiger partial charge in [0.05, 0.1) is 0 Å². The molecule has 0 aliphatic carbocycles. The van der Waals surface area contributed by atoms with Crippen LogP contribution in [0, 0.1) is 0 Å². The van der Waals surface area contributed by atoms with Gasteiger partial charge in [-0.25, -0.2) is 0 Å². The summed E-state index contributed by atoms with van der Waals surface area (Å²) in [6.07, 6.45) is 0. The van der Waals surface area contributed by atoms with E-state index in [9.17, 15) is 9.59 Å². The minimum absolute atomic E-state index is 0.0575. The van der Waals surface area contributed by atoms with Gasteiger partial charge in [0, 0.05) is 12.7 Å². The van der Waals surface area contributed by atoms with E-state index in [2.05, 4.69) is 36.6 Å². The number of hydrogen-bond acceptors (Lipinski definition) is 2. The van der Waals surface area contributed by atoms with Crippen molar-refractivity contribution in [1.29, 1.82) is 0 Å². The van der Waals surface area contributed by atoms with Crippen LogP contribution in [0.25, 0.3) is 0 Å². The molecule has 4 N–H and O–H groups in total. The second-order valence-electron chi connectivity index (χ2n) is 7.25. The molecule has 1 saturated heterocycles. The van der Waals surface area contributed by atoms with E-state index in [4.69, 9.17) is 0 Å². The third-order valence-corrected chi connectivity index (χ3v) is 5.14. The molecule has 1 aromatic rings. The summed E-state index contributed by atoms with van der Waals surface area (Å²) in [6.45, 7) is 10.5. The molecule has 0 radical (unpaired) electrons. The van der Waals surface area contributed by atoms with E-state index in [-0.39, 0.29) is 17.9 Å². The Labute approximate surface area is 150 Å². The number of piperazine rings is 1. The summed E-state index contributed by atoms with van der Waals surface area (Å²) in [5, 5.41) is 5.70. The normalized spacial score (nSPS) is 21.6. The fraction of sp³-hybridized carbons (Fsp3) is 0.579. The topological polar surface area (TPSA) is 67.1 Å². The molecule has 0 spiro atoms. The van der Waals surface area contributed by atoms with Gasteiger partial charge < -0.3 is 20.4 Å². The van der Waals surface area contributed by atoms with Gasteiger partial charge in [-0.2, -0.15) is 0 Å². The maximum atomic E-state index is 12.5. The van der Waals surface area contributed by atoms with E-state index in [1.807, 2.05) is 19.1 Å². The van der Waals surface area contributed by atoms with E-state index in [1.165, 1.54) is 15.4 Å². The first kappa shape index (κ1) is 19.4. The zero-order chi connectivity index (χ0) is 18.4. The SMILES string of the molecule is CNC(=O)C[NH+]1CC[NH+]([C@@H](C)C(=O)Nc2ccc(C(C)C)cc2)CC1. The number of likely N-dealkylation sites (N-methyl/N-ethyl adjacent to an activating group) is 1. The smallest absolute Gasteiger partial charge is 0.282 e. The summed E-state index contributed by atoms with van der Waals surface area (Å²) in [6, 6.07) is 7.99. The molecule has 138 valence electrons. The summed E-state index contributed by atoms with van der Waals surface area (Å²) < 4.78 is 0. The fourth-order valence-corrected chi connectivity index (χ4v) is 3.24. The Hall–Kier alpha value is -1.92. The summed E-state index contributed by atoms with van der Waals surface area (Å²) in [5.41, 5.74) is 2.12. The van der Waals surface area contributed by atoms with Crippen molar-refractivity contribution in [3.8, 4) is 0 Å². The molecular weight excluding hydrogens is 316 g/mol. The van der Waals surface area contributed by atoms with Crippen LogP contribution in [0.4, 0.5) is 5.69 Å². The third-order valence-electron chi connectivity index (χ3n) is 5.14. The minimum atomic E-state index is -0.0914. The number of carbonyl (C=O) groups excluding carboxylic acids is 2. The Morgan fingerprint density at radius 2 is 1.64 bits per heavy atom. The summed E-state index contributed by atoms with van der Waals surface area (Å²) >= 11 is 0. The second-order valence-corrected chi connectivity index (χ2v) is 7.25. The van der Waals surface area contributed by atoms with Gasteiger partial charge in [-0.15, -0.1) is 0 Å². The average molecular weight is 348 g/mol. The molecule has 0 saturated carbocycles. The van der Waals surface area contributed by atoms with E-state index < -0.39 is 0 Å². The first-order valence-corrected chi connectivity index (χ1v) is 9.20. The molecular formula is C19H32N4O2+2. The molecule has 2 rings (SSSR count). The van der Waals surface area contributed by atoms with Crippen molar-refractivity contribution in [3.63, 3.8) is 0 Å². The molecule has 1 fully saturated rings. The number of quaternary nitrogens is 2. The highest BCUT2D eigenvalue weighted by Crippen LogP contribution is 2.17. The molecule has 6 nitrogen and oxygen atoms in total. The number of amides is 2. The Bertz CT molecular complexity index is 578. The Morgan fingerprint density at radius 3 is 2.16 bits per heavy atom. The number of benzene rings is 1. The summed E-state index contributed by atoms with van der Waals surface area (Å²) in [5.74, 6) is 0.623. The lowest BCUT2D eigenvalue weighted by Gasteiger charge is -2.32. The van der Waals surface area contributed by atoms with Gasteiger partial charge in [0.1, 0.15) is 26.2 Å². The Kier molecular flexibility index (Phi) is 6.96. The minimum Gasteiger partial charge on any atom is -0.354 e. The van der Waals surface area contributed by atoms with E-state index in [1.54, 1.807) is 7.05 Å². The van der Waals surface area contributed by atoms with Crippen molar-refractivity contribution in [2.75, 3.05) is 45.1 Å². The van der Waals surface area contributed by atoms with Gasteiger partial charge in [0.15, 0.2) is 12.6 Å². The van der Waals surface area contributed by atoms with Crippen LogP contribution in [0.15, 0.2) is 24.3 Å². The van der Waals surface area contributed by atoms with Crippen molar-refractivity contribution in [3.05, 3.63) is 29.8 Å². The maximum Gasteiger partial charge on any atom is 0.282 e. The highest BCUT2D eigenvalue weighted by atomic mass is 16.2. The standard InChI is InChI=1S/C19H30N4O2/c1-14(2)16-5-7-17(8-6-16)21-19(25)15(3)23-11-9-22(10-12-23)13-18(24)20-4/h5-8,14-15H,9-13H2,1-4H3,(H,20,24)(H,21,25)/p+2/t15-/m0/s1. The van der Waals surface area contributed by atoms with Crippen LogP contribution in [-0.4, -0.2) is 57.6 Å². The Morgan fingerprint density at radius 1 is 1.04 bits per heavy atom. The van der Waals surface area contributed by atoms with Crippen LogP contribution in [0.5, 0.6) is 0 Å². The van der Waals surface area contributed by atoms with Crippen molar-refractivity contribution < 1.29 is 19.4 Å². The average Bonchev–Trinajstić information content (AvgIpc) is 2.62. The molecule has 2 amide bonds. The predicted molar refractivity (Wildman–Crippen MR) is 98.9 cm³/mol. The molecule has 1 heterocycles. The van der Waals surface area contributed by atoms with E-state index in [0.29, 0.717) is 12.5 Å². The van der Waals surface area contributed by atoms with Gasteiger partial charge in [-0.1, -0.05) is 26.0 Å². The number of hydrogen-bond donors (Lipinski definition) is 4. The van der Waals surface area contributed by atoms with Crippen LogP contribution >= 0.6 is 0 Å². The van der Waals surface area contributed by atoms with Crippen molar-refractivity contribution in [1.82, 2.24) is 5.32 Å². The highest BCUT2D eigenvalue weighted by Gasteiger charge is 2.31. The van der Waals surface area contributed by atoms with Crippen molar-refractivity contribution in [2.45, 2.75) is 32.7 Å². The molecule has 1 aromatic carbocycles. The van der Waals surface area contributed by atoms with Crippen molar-refractivity contribution >= 4 is 17.5 Å². The van der Waals surface area contributed by atoms with E-state index in [0.717, 1.165) is 31.9 Å². The molecule has 1 atom stereocenters. The lowest BCUT2D eigenvalue weighted by Crippen LogP contribution is -3.30. The van der Waals surface area contributed by atoms with Crippen LogP contribution < -0.4 is 20.4 Å². The van der Waals surface area contributed by atoms with Gasteiger partial charge in [0.2, 0.25) is 0 Å². The zero-order valence-corrected chi connectivity index (χ0v) is 15.8. The number of rotatable bonds is 6. The lowest BCUT2D eigenvalue weighted by molar-refractivity contribution is -1.01. The van der Waals surface area contributed by atoms with Gasteiger partial charge >= 0.3 is 0 Å². The quantitative estimate of drug-likeness (QED) is 0.515. The number of nitrogens with one attached hydrogen (secondary N) is 4. The van der Waals surface area contributed by atoms with Gasteiger partial charge in [-0.3, -0.25) is 9.59 Å². The highest BCUT2D eigenvalue weighted by molar-refractivity contribution is 5.93. The molecule has 0 bridgehead atoms. The number of anilines is 1. The molecule has 25 heavy (non-hydrogen) atoms. The van der Waals surface area contributed by atoms with Gasteiger partial charge in [0.25, 0.3) is 11.8 Å².